The number of nitriles is 1. The monoisotopic (exact) mass is 582 g/mol. The third kappa shape index (κ3) is 6.37. The molecule has 1 amide bonds. The second kappa shape index (κ2) is 10.9. The summed E-state index contributed by atoms with van der Waals surface area (Å²) in [6.45, 7) is 0.191. The molecule has 0 aliphatic heterocycles. The largest absolute Gasteiger partial charge is 0.486 e. The number of carbonyl (C=O) groups is 1. The molecule has 0 bridgehead atoms. The van der Waals surface area contributed by atoms with Crippen LogP contribution in [0.1, 0.15) is 11.1 Å². The van der Waals surface area contributed by atoms with Crippen molar-refractivity contribution >= 4 is 75.1 Å². The van der Waals surface area contributed by atoms with E-state index in [0.29, 0.717) is 22.0 Å². The molecule has 0 spiro atoms. The van der Waals surface area contributed by atoms with Gasteiger partial charge in [-0.05, 0) is 70.6 Å². The Kier molecular flexibility index (Phi) is 8.22. The number of rotatable bonds is 6. The smallest absolute Gasteiger partial charge is 0.266 e. The van der Waals surface area contributed by atoms with Crippen LogP contribution < -0.4 is 10.1 Å². The first-order chi connectivity index (χ1) is 14.9. The molecule has 3 aromatic rings. The number of nitrogens with one attached hydrogen (secondary N) is 1. The average molecular weight is 584 g/mol. The molecule has 4 nitrogen and oxygen atoms in total. The summed E-state index contributed by atoms with van der Waals surface area (Å²) >= 11 is 21.0. The second-order valence-electron chi connectivity index (χ2n) is 6.33. The summed E-state index contributed by atoms with van der Waals surface area (Å²) in [4.78, 5) is 12.5. The van der Waals surface area contributed by atoms with Gasteiger partial charge in [-0.15, -0.1) is 0 Å². The number of halogens is 4. The SMILES string of the molecule is N#C/C(=C\c1cc(Cl)c(OCc2ccccc2Cl)c(Cl)c1)C(=O)Nc1cccc(I)c1. The van der Waals surface area contributed by atoms with Crippen LogP contribution in [0.2, 0.25) is 15.1 Å². The molecular weight excluding hydrogens is 570 g/mol. The molecule has 156 valence electrons. The zero-order chi connectivity index (χ0) is 22.4. The molecule has 0 atom stereocenters. The number of benzene rings is 3. The first-order valence-corrected chi connectivity index (χ1v) is 11.1. The number of anilines is 1. The Labute approximate surface area is 208 Å². The minimum Gasteiger partial charge on any atom is -0.486 e. The third-order valence-electron chi connectivity index (χ3n) is 4.11. The third-order valence-corrected chi connectivity index (χ3v) is 5.71. The maximum absolute atomic E-state index is 12.5. The van der Waals surface area contributed by atoms with Crippen molar-refractivity contribution in [3.05, 3.63) is 96.0 Å². The topological polar surface area (TPSA) is 62.1 Å². The van der Waals surface area contributed by atoms with Gasteiger partial charge in [-0.25, -0.2) is 0 Å². The lowest BCUT2D eigenvalue weighted by molar-refractivity contribution is -0.112. The molecule has 0 saturated carbocycles. The standard InChI is InChI=1S/C23H14Cl3IN2O2/c24-19-7-2-1-4-15(19)13-31-22-20(25)9-14(10-21(22)26)8-16(12-28)23(30)29-18-6-3-5-17(27)11-18/h1-11H,13H2,(H,29,30)/b16-8+. The molecule has 3 rings (SSSR count). The lowest BCUT2D eigenvalue weighted by Crippen LogP contribution is -2.13. The van der Waals surface area contributed by atoms with Crippen molar-refractivity contribution in [2.75, 3.05) is 5.32 Å². The van der Waals surface area contributed by atoms with Gasteiger partial charge in [0.05, 0.1) is 10.0 Å². The summed E-state index contributed by atoms with van der Waals surface area (Å²) in [6, 6.07) is 19.6. The van der Waals surface area contributed by atoms with E-state index in [2.05, 4.69) is 27.9 Å². The molecule has 31 heavy (non-hydrogen) atoms. The van der Waals surface area contributed by atoms with Crippen LogP contribution in [0, 0.1) is 14.9 Å². The normalized spacial score (nSPS) is 11.0. The summed E-state index contributed by atoms with van der Waals surface area (Å²) in [6.07, 6.45) is 1.42. The van der Waals surface area contributed by atoms with E-state index in [1.165, 1.54) is 6.08 Å². The molecule has 1 N–H and O–H groups in total. The van der Waals surface area contributed by atoms with Crippen LogP contribution in [0.5, 0.6) is 5.75 Å². The number of carbonyl (C=O) groups excluding carboxylic acids is 1. The van der Waals surface area contributed by atoms with Crippen molar-refractivity contribution < 1.29 is 9.53 Å². The van der Waals surface area contributed by atoms with Gasteiger partial charge < -0.3 is 10.1 Å². The van der Waals surface area contributed by atoms with E-state index in [-0.39, 0.29) is 22.2 Å². The number of nitrogens with zero attached hydrogens (tertiary/aromatic N) is 1. The number of hydrogen-bond donors (Lipinski definition) is 1. The van der Waals surface area contributed by atoms with E-state index in [4.69, 9.17) is 39.5 Å². The van der Waals surface area contributed by atoms with Crippen LogP contribution >= 0.6 is 57.4 Å². The lowest BCUT2D eigenvalue weighted by Gasteiger charge is -2.12. The van der Waals surface area contributed by atoms with Crippen molar-refractivity contribution in [1.29, 1.82) is 5.26 Å². The van der Waals surface area contributed by atoms with Gasteiger partial charge in [0.15, 0.2) is 5.75 Å². The molecule has 0 saturated heterocycles. The molecule has 0 aromatic heterocycles. The van der Waals surface area contributed by atoms with E-state index in [1.807, 2.05) is 36.4 Å². The summed E-state index contributed by atoms with van der Waals surface area (Å²) in [5.41, 5.74) is 1.79. The molecule has 0 aliphatic rings. The Hall–Kier alpha value is -2.24. The van der Waals surface area contributed by atoms with E-state index >= 15 is 0 Å². The van der Waals surface area contributed by atoms with Gasteiger partial charge in [0.2, 0.25) is 0 Å². The Morgan fingerprint density at radius 1 is 1.03 bits per heavy atom. The van der Waals surface area contributed by atoms with Gasteiger partial charge in [0.25, 0.3) is 5.91 Å². The fourth-order valence-corrected chi connectivity index (χ4v) is 3.99. The zero-order valence-corrected chi connectivity index (χ0v) is 20.3. The number of amides is 1. The van der Waals surface area contributed by atoms with E-state index in [1.54, 1.807) is 30.3 Å². The minimum atomic E-state index is -0.532. The van der Waals surface area contributed by atoms with Gasteiger partial charge in [-0.3, -0.25) is 4.79 Å². The molecule has 0 fully saturated rings. The first kappa shape index (κ1) is 23.4. The minimum absolute atomic E-state index is 0.0873. The summed E-state index contributed by atoms with van der Waals surface area (Å²) < 4.78 is 6.71. The lowest BCUT2D eigenvalue weighted by atomic mass is 10.1. The summed E-state index contributed by atoms with van der Waals surface area (Å²) in [5, 5.41) is 13.2. The Morgan fingerprint density at radius 3 is 2.39 bits per heavy atom. The van der Waals surface area contributed by atoms with E-state index in [0.717, 1.165) is 9.13 Å². The molecule has 0 aliphatic carbocycles. The predicted molar refractivity (Wildman–Crippen MR) is 134 cm³/mol. The Bertz CT molecular complexity index is 1180. The van der Waals surface area contributed by atoms with E-state index < -0.39 is 5.91 Å². The molecule has 8 heteroatoms. The molecule has 0 radical (unpaired) electrons. The average Bonchev–Trinajstić information content (AvgIpc) is 2.72. The molecule has 0 unspecified atom stereocenters. The maximum Gasteiger partial charge on any atom is 0.266 e. The van der Waals surface area contributed by atoms with Crippen LogP contribution in [-0.4, -0.2) is 5.91 Å². The molecule has 3 aromatic carbocycles. The highest BCUT2D eigenvalue weighted by Gasteiger charge is 2.14. The van der Waals surface area contributed by atoms with Crippen molar-refractivity contribution in [2.24, 2.45) is 0 Å². The van der Waals surface area contributed by atoms with E-state index in [9.17, 15) is 10.1 Å². The van der Waals surface area contributed by atoms with Crippen LogP contribution in [0.4, 0.5) is 5.69 Å². The summed E-state index contributed by atoms with van der Waals surface area (Å²) in [5.74, 6) is -0.238. The number of ether oxygens (including phenoxy) is 1. The first-order valence-electron chi connectivity index (χ1n) is 8.91. The zero-order valence-electron chi connectivity index (χ0n) is 15.8. The maximum atomic E-state index is 12.5. The van der Waals surface area contributed by atoms with Crippen molar-refractivity contribution in [2.45, 2.75) is 6.61 Å². The fraction of sp³-hybridized carbons (Fsp3) is 0.0435. The van der Waals surface area contributed by atoms with Gasteiger partial charge in [-0.2, -0.15) is 5.26 Å². The van der Waals surface area contributed by atoms with Gasteiger partial charge in [-0.1, -0.05) is 59.1 Å². The second-order valence-corrected chi connectivity index (χ2v) is 8.80. The number of hydrogen-bond acceptors (Lipinski definition) is 3. The van der Waals surface area contributed by atoms with Gasteiger partial charge in [0.1, 0.15) is 18.2 Å². The molecule has 0 heterocycles. The van der Waals surface area contributed by atoms with Crippen LogP contribution in [-0.2, 0) is 11.4 Å². The van der Waals surface area contributed by atoms with Crippen LogP contribution in [0.15, 0.2) is 66.2 Å². The van der Waals surface area contributed by atoms with Crippen LogP contribution in [0.25, 0.3) is 6.08 Å². The molecular formula is C23H14Cl3IN2O2. The van der Waals surface area contributed by atoms with Gasteiger partial charge in [0, 0.05) is 19.8 Å². The van der Waals surface area contributed by atoms with Gasteiger partial charge >= 0.3 is 0 Å². The quantitative estimate of drug-likeness (QED) is 0.187. The summed E-state index contributed by atoms with van der Waals surface area (Å²) in [7, 11) is 0. The van der Waals surface area contributed by atoms with Crippen molar-refractivity contribution in [3.63, 3.8) is 0 Å². The predicted octanol–water partition coefficient (Wildman–Crippen LogP) is 7.38. The van der Waals surface area contributed by atoms with Crippen molar-refractivity contribution in [3.8, 4) is 11.8 Å². The highest BCUT2D eigenvalue weighted by Crippen LogP contribution is 2.36. The highest BCUT2D eigenvalue weighted by atomic mass is 127. The fourth-order valence-electron chi connectivity index (χ4n) is 2.65. The van der Waals surface area contributed by atoms with Crippen molar-refractivity contribution in [1.82, 2.24) is 0 Å². The van der Waals surface area contributed by atoms with Crippen LogP contribution in [0.3, 0.4) is 0 Å². The highest BCUT2D eigenvalue weighted by molar-refractivity contribution is 14.1. The Morgan fingerprint density at radius 2 is 1.74 bits per heavy atom. The Balaban J connectivity index is 1.78.